The highest BCUT2D eigenvalue weighted by atomic mass is 16.3. The fourth-order valence-corrected chi connectivity index (χ4v) is 0.986. The molecule has 0 aromatic carbocycles. The molecule has 2 unspecified atom stereocenters. The number of aliphatic hydroxyl groups is 2. The van der Waals surface area contributed by atoms with Crippen molar-refractivity contribution < 1.29 is 10.2 Å². The van der Waals surface area contributed by atoms with Crippen LogP contribution in [0.3, 0.4) is 0 Å². The van der Waals surface area contributed by atoms with E-state index in [1.165, 1.54) is 0 Å². The van der Waals surface area contributed by atoms with Gasteiger partial charge in [-0.1, -0.05) is 11.1 Å². The van der Waals surface area contributed by atoms with Crippen molar-refractivity contribution in [1.82, 2.24) is 0 Å². The Labute approximate surface area is 74.2 Å². The van der Waals surface area contributed by atoms with E-state index < -0.39 is 12.2 Å². The summed E-state index contributed by atoms with van der Waals surface area (Å²) in [4.78, 5) is 0. The molecule has 0 radical (unpaired) electrons. The summed E-state index contributed by atoms with van der Waals surface area (Å²) in [6.07, 6.45) is -0.513. The van der Waals surface area contributed by atoms with Gasteiger partial charge in [0.25, 0.3) is 0 Å². The standard InChI is InChI=1S/C10H18O2/c1-7(2)5-9(11)10(12)6-8(3)4/h9-12H,1,3,5-6H2,2,4H3. The predicted molar refractivity (Wildman–Crippen MR) is 50.9 cm³/mol. The zero-order valence-electron chi connectivity index (χ0n) is 7.88. The van der Waals surface area contributed by atoms with Crippen LogP contribution in [-0.4, -0.2) is 22.4 Å². The zero-order chi connectivity index (χ0) is 9.72. The highest BCUT2D eigenvalue weighted by Gasteiger charge is 2.15. The van der Waals surface area contributed by atoms with Crippen LogP contribution < -0.4 is 0 Å². The van der Waals surface area contributed by atoms with Gasteiger partial charge in [0.15, 0.2) is 0 Å². The van der Waals surface area contributed by atoms with Gasteiger partial charge >= 0.3 is 0 Å². The summed E-state index contributed by atoms with van der Waals surface area (Å²) in [6, 6.07) is 0. The van der Waals surface area contributed by atoms with Gasteiger partial charge in [0.1, 0.15) is 0 Å². The number of hydrogen-bond acceptors (Lipinski definition) is 2. The van der Waals surface area contributed by atoms with Gasteiger partial charge in [0.2, 0.25) is 0 Å². The minimum atomic E-state index is -0.709. The highest BCUT2D eigenvalue weighted by molar-refractivity contribution is 4.97. The second-order valence-corrected chi connectivity index (χ2v) is 3.46. The Bertz CT molecular complexity index is 153. The normalized spacial score (nSPS) is 15.3. The summed E-state index contributed by atoms with van der Waals surface area (Å²) in [7, 11) is 0. The molecule has 0 heterocycles. The summed E-state index contributed by atoms with van der Waals surface area (Å²) < 4.78 is 0. The van der Waals surface area contributed by atoms with Crippen molar-refractivity contribution in [2.24, 2.45) is 0 Å². The van der Waals surface area contributed by atoms with Crippen molar-refractivity contribution in [2.75, 3.05) is 0 Å². The minimum absolute atomic E-state index is 0.453. The maximum absolute atomic E-state index is 9.39. The quantitative estimate of drug-likeness (QED) is 0.616. The summed E-state index contributed by atoms with van der Waals surface area (Å²) in [5.41, 5.74) is 1.76. The third-order valence-corrected chi connectivity index (χ3v) is 1.56. The van der Waals surface area contributed by atoms with Crippen molar-refractivity contribution in [3.8, 4) is 0 Å². The van der Waals surface area contributed by atoms with Crippen LogP contribution in [0.15, 0.2) is 24.3 Å². The lowest BCUT2D eigenvalue weighted by molar-refractivity contribution is 0.0208. The van der Waals surface area contributed by atoms with Gasteiger partial charge in [0.05, 0.1) is 12.2 Å². The molecule has 2 atom stereocenters. The van der Waals surface area contributed by atoms with Crippen LogP contribution in [0.1, 0.15) is 26.7 Å². The van der Waals surface area contributed by atoms with Gasteiger partial charge in [-0.3, -0.25) is 0 Å². The van der Waals surface area contributed by atoms with Gasteiger partial charge < -0.3 is 10.2 Å². The first-order valence-corrected chi connectivity index (χ1v) is 4.08. The van der Waals surface area contributed by atoms with Crippen LogP contribution in [-0.2, 0) is 0 Å². The Morgan fingerprint density at radius 2 is 1.25 bits per heavy atom. The highest BCUT2D eigenvalue weighted by Crippen LogP contribution is 2.11. The first-order valence-electron chi connectivity index (χ1n) is 4.08. The van der Waals surface area contributed by atoms with E-state index >= 15 is 0 Å². The molecule has 0 saturated carbocycles. The lowest BCUT2D eigenvalue weighted by Gasteiger charge is -2.17. The molecule has 70 valence electrons. The maximum atomic E-state index is 9.39. The van der Waals surface area contributed by atoms with E-state index in [0.717, 1.165) is 11.1 Å². The van der Waals surface area contributed by atoms with Crippen LogP contribution in [0.5, 0.6) is 0 Å². The molecule has 2 N–H and O–H groups in total. The molecule has 0 saturated heterocycles. The first-order chi connectivity index (χ1) is 5.43. The van der Waals surface area contributed by atoms with Crippen LogP contribution in [0.4, 0.5) is 0 Å². The second-order valence-electron chi connectivity index (χ2n) is 3.46. The van der Waals surface area contributed by atoms with E-state index in [9.17, 15) is 10.2 Å². The van der Waals surface area contributed by atoms with Gasteiger partial charge in [-0.15, -0.1) is 13.2 Å². The van der Waals surface area contributed by atoms with Crippen molar-refractivity contribution in [3.63, 3.8) is 0 Å². The lowest BCUT2D eigenvalue weighted by atomic mass is 10.0. The minimum Gasteiger partial charge on any atom is -0.390 e. The zero-order valence-corrected chi connectivity index (χ0v) is 7.88. The van der Waals surface area contributed by atoms with E-state index in [1.54, 1.807) is 0 Å². The Kier molecular flexibility index (Phi) is 4.86. The molecule has 2 heteroatoms. The van der Waals surface area contributed by atoms with E-state index in [4.69, 9.17) is 0 Å². The molecule has 2 nitrogen and oxygen atoms in total. The largest absolute Gasteiger partial charge is 0.390 e. The average molecular weight is 170 g/mol. The van der Waals surface area contributed by atoms with Gasteiger partial charge in [-0.05, 0) is 26.7 Å². The maximum Gasteiger partial charge on any atom is 0.0839 e. The second kappa shape index (κ2) is 5.12. The molecule has 0 aliphatic rings. The van der Waals surface area contributed by atoms with Crippen LogP contribution in [0.2, 0.25) is 0 Å². The molecule has 0 rings (SSSR count). The Balaban J connectivity index is 3.83. The van der Waals surface area contributed by atoms with Crippen LogP contribution in [0.25, 0.3) is 0 Å². The molecule has 0 aromatic heterocycles. The van der Waals surface area contributed by atoms with Gasteiger partial charge in [0, 0.05) is 0 Å². The predicted octanol–water partition coefficient (Wildman–Crippen LogP) is 1.64. The van der Waals surface area contributed by atoms with E-state index in [1.807, 2.05) is 13.8 Å². The van der Waals surface area contributed by atoms with E-state index in [0.29, 0.717) is 12.8 Å². The fraction of sp³-hybridized carbons (Fsp3) is 0.600. The Morgan fingerprint density at radius 1 is 1.00 bits per heavy atom. The average Bonchev–Trinajstić information content (AvgIpc) is 1.84. The topological polar surface area (TPSA) is 40.5 Å². The molecule has 0 aliphatic carbocycles. The van der Waals surface area contributed by atoms with Crippen LogP contribution in [0, 0.1) is 0 Å². The summed E-state index contributed by atoms with van der Waals surface area (Å²) in [5, 5.41) is 18.8. The fourth-order valence-electron chi connectivity index (χ4n) is 0.986. The van der Waals surface area contributed by atoms with Crippen molar-refractivity contribution >= 4 is 0 Å². The SMILES string of the molecule is C=C(C)CC(O)C(O)CC(=C)C. The van der Waals surface area contributed by atoms with Crippen molar-refractivity contribution in [2.45, 2.75) is 38.9 Å². The van der Waals surface area contributed by atoms with Crippen molar-refractivity contribution in [1.29, 1.82) is 0 Å². The number of aliphatic hydroxyl groups excluding tert-OH is 2. The third kappa shape index (κ3) is 5.10. The van der Waals surface area contributed by atoms with Gasteiger partial charge in [-0.2, -0.15) is 0 Å². The Hall–Kier alpha value is -0.600. The molecular formula is C10H18O2. The van der Waals surface area contributed by atoms with E-state index in [-0.39, 0.29) is 0 Å². The molecule has 12 heavy (non-hydrogen) atoms. The summed E-state index contributed by atoms with van der Waals surface area (Å²) in [5.74, 6) is 0. The lowest BCUT2D eigenvalue weighted by Crippen LogP contribution is -2.26. The molecular weight excluding hydrogens is 152 g/mol. The molecule has 0 fully saturated rings. The van der Waals surface area contributed by atoms with Crippen LogP contribution >= 0.6 is 0 Å². The molecule has 0 aliphatic heterocycles. The molecule has 0 aromatic rings. The molecule has 0 amide bonds. The molecule has 0 spiro atoms. The molecule has 0 bridgehead atoms. The number of rotatable bonds is 5. The third-order valence-electron chi connectivity index (χ3n) is 1.56. The Morgan fingerprint density at radius 3 is 1.42 bits per heavy atom. The smallest absolute Gasteiger partial charge is 0.0839 e. The monoisotopic (exact) mass is 170 g/mol. The van der Waals surface area contributed by atoms with Crippen molar-refractivity contribution in [3.05, 3.63) is 24.3 Å². The van der Waals surface area contributed by atoms with E-state index in [2.05, 4.69) is 13.2 Å². The van der Waals surface area contributed by atoms with Gasteiger partial charge in [-0.25, -0.2) is 0 Å². The summed E-state index contributed by atoms with van der Waals surface area (Å²) >= 11 is 0. The summed E-state index contributed by atoms with van der Waals surface area (Å²) in [6.45, 7) is 11.0. The first kappa shape index (κ1) is 11.4. The number of hydrogen-bond donors (Lipinski definition) is 2.